The second-order valence-corrected chi connectivity index (χ2v) is 6.43. The number of carbonyl (C=O) groups is 1. The number of amides is 1. The molecule has 1 N–H and O–H groups in total. The van der Waals surface area contributed by atoms with E-state index >= 15 is 0 Å². The van der Waals surface area contributed by atoms with E-state index in [1.165, 1.54) is 23.3 Å². The van der Waals surface area contributed by atoms with Crippen LogP contribution in [0.4, 0.5) is 0 Å². The summed E-state index contributed by atoms with van der Waals surface area (Å²) in [7, 11) is 0. The molecule has 1 saturated carbocycles. The first-order valence-corrected chi connectivity index (χ1v) is 7.97. The zero-order valence-electron chi connectivity index (χ0n) is 11.8. The van der Waals surface area contributed by atoms with Gasteiger partial charge >= 0.3 is 0 Å². The van der Waals surface area contributed by atoms with Gasteiger partial charge in [-0.2, -0.15) is 0 Å². The van der Waals surface area contributed by atoms with Crippen LogP contribution in [0.2, 0.25) is 0 Å². The molecule has 1 fully saturated rings. The topological polar surface area (TPSA) is 38.3 Å². The second-order valence-electron chi connectivity index (χ2n) is 5.17. The summed E-state index contributed by atoms with van der Waals surface area (Å²) in [5.74, 6) is 0.867. The molecule has 0 aliphatic heterocycles. The van der Waals surface area contributed by atoms with E-state index in [9.17, 15) is 4.79 Å². The van der Waals surface area contributed by atoms with E-state index in [1.54, 1.807) is 11.3 Å². The van der Waals surface area contributed by atoms with Crippen LogP contribution in [0, 0.1) is 12.8 Å². The summed E-state index contributed by atoms with van der Waals surface area (Å²) in [6.45, 7) is 6.54. The van der Waals surface area contributed by atoms with Crippen molar-refractivity contribution in [2.45, 2.75) is 39.5 Å². The fourth-order valence-corrected chi connectivity index (χ4v) is 3.01. The first kappa shape index (κ1) is 14.5. The Labute approximate surface area is 119 Å². The Morgan fingerprint density at radius 1 is 1.53 bits per heavy atom. The zero-order valence-corrected chi connectivity index (χ0v) is 12.6. The van der Waals surface area contributed by atoms with Gasteiger partial charge in [-0.05, 0) is 50.2 Å². The lowest BCUT2D eigenvalue weighted by atomic mass is 10.2. The van der Waals surface area contributed by atoms with Crippen LogP contribution in [0.5, 0.6) is 0 Å². The molecular weight excluding hydrogens is 258 g/mol. The Kier molecular flexibility index (Phi) is 5.40. The molecule has 106 valence electrons. The van der Waals surface area contributed by atoms with Crippen LogP contribution < -0.4 is 5.32 Å². The highest BCUT2D eigenvalue weighted by atomic mass is 32.1. The third-order valence-corrected chi connectivity index (χ3v) is 4.52. The summed E-state index contributed by atoms with van der Waals surface area (Å²) < 4.78 is 5.54. The highest BCUT2D eigenvalue weighted by Crippen LogP contribution is 2.28. The summed E-state index contributed by atoms with van der Waals surface area (Å²) in [4.78, 5) is 14.0. The quantitative estimate of drug-likeness (QED) is 0.743. The van der Waals surface area contributed by atoms with Gasteiger partial charge < -0.3 is 10.1 Å². The van der Waals surface area contributed by atoms with Crippen LogP contribution in [0.1, 0.15) is 46.3 Å². The molecule has 0 saturated heterocycles. The van der Waals surface area contributed by atoms with Gasteiger partial charge in [-0.1, -0.05) is 6.92 Å². The minimum Gasteiger partial charge on any atom is -0.381 e. The third-order valence-electron chi connectivity index (χ3n) is 3.43. The van der Waals surface area contributed by atoms with Crippen LogP contribution in [0.15, 0.2) is 6.07 Å². The molecule has 0 atom stereocenters. The number of hydrogen-bond acceptors (Lipinski definition) is 3. The maximum Gasteiger partial charge on any atom is 0.261 e. The summed E-state index contributed by atoms with van der Waals surface area (Å²) in [6.07, 6.45) is 4.54. The van der Waals surface area contributed by atoms with Crippen LogP contribution in [-0.2, 0) is 11.2 Å². The number of aryl methyl sites for hydroxylation is 2. The minimum absolute atomic E-state index is 0.0509. The van der Waals surface area contributed by atoms with Crippen molar-refractivity contribution in [3.63, 3.8) is 0 Å². The highest BCUT2D eigenvalue weighted by Gasteiger charge is 2.20. The summed E-state index contributed by atoms with van der Waals surface area (Å²) in [6, 6.07) is 2.01. The molecule has 3 nitrogen and oxygen atoms in total. The number of nitrogens with one attached hydrogen (secondary N) is 1. The molecule has 0 spiro atoms. The molecule has 2 rings (SSSR count). The Balaban J connectivity index is 1.62. The van der Waals surface area contributed by atoms with Crippen molar-refractivity contribution in [3.8, 4) is 0 Å². The van der Waals surface area contributed by atoms with Gasteiger partial charge in [-0.25, -0.2) is 0 Å². The van der Waals surface area contributed by atoms with Gasteiger partial charge in [0.15, 0.2) is 0 Å². The molecule has 4 heteroatoms. The van der Waals surface area contributed by atoms with Crippen LogP contribution in [-0.4, -0.2) is 25.7 Å². The average molecular weight is 281 g/mol. The second kappa shape index (κ2) is 7.06. The van der Waals surface area contributed by atoms with Crippen molar-refractivity contribution < 1.29 is 9.53 Å². The van der Waals surface area contributed by atoms with E-state index in [4.69, 9.17) is 4.74 Å². The molecule has 0 radical (unpaired) electrons. The molecule has 0 unspecified atom stereocenters. The van der Waals surface area contributed by atoms with E-state index in [2.05, 4.69) is 19.2 Å². The SMILES string of the molecule is CCc1cc(C(=O)NCCCOCC2CC2)sc1C. The lowest BCUT2D eigenvalue weighted by molar-refractivity contribution is 0.0941. The number of ether oxygens (including phenoxy) is 1. The number of carbonyl (C=O) groups excluding carboxylic acids is 1. The molecule has 0 bridgehead atoms. The van der Waals surface area contributed by atoms with Crippen molar-refractivity contribution in [1.29, 1.82) is 0 Å². The van der Waals surface area contributed by atoms with Crippen molar-refractivity contribution in [1.82, 2.24) is 5.32 Å². The van der Waals surface area contributed by atoms with Gasteiger partial charge in [-0.3, -0.25) is 4.79 Å². The van der Waals surface area contributed by atoms with Gasteiger partial charge in [0, 0.05) is 24.6 Å². The van der Waals surface area contributed by atoms with Crippen molar-refractivity contribution in [2.75, 3.05) is 19.8 Å². The van der Waals surface area contributed by atoms with Crippen LogP contribution in [0.3, 0.4) is 0 Å². The van der Waals surface area contributed by atoms with Crippen LogP contribution in [0.25, 0.3) is 0 Å². The molecule has 1 amide bonds. The van der Waals surface area contributed by atoms with Crippen molar-refractivity contribution >= 4 is 17.2 Å². The summed E-state index contributed by atoms with van der Waals surface area (Å²) in [5.41, 5.74) is 1.28. The molecular formula is C15H23NO2S. The minimum atomic E-state index is 0.0509. The van der Waals surface area contributed by atoms with Gasteiger partial charge in [0.25, 0.3) is 5.91 Å². The normalized spacial score (nSPS) is 14.6. The molecule has 1 aliphatic rings. The Morgan fingerprint density at radius 3 is 2.95 bits per heavy atom. The zero-order chi connectivity index (χ0) is 13.7. The van der Waals surface area contributed by atoms with Gasteiger partial charge in [0.1, 0.15) is 0 Å². The fourth-order valence-electron chi connectivity index (χ4n) is 1.98. The Bertz CT molecular complexity index is 424. The van der Waals surface area contributed by atoms with E-state index in [-0.39, 0.29) is 5.91 Å². The smallest absolute Gasteiger partial charge is 0.261 e. The van der Waals surface area contributed by atoms with E-state index < -0.39 is 0 Å². The maximum absolute atomic E-state index is 11.9. The molecule has 1 aromatic heterocycles. The lowest BCUT2D eigenvalue weighted by Crippen LogP contribution is -2.24. The molecule has 19 heavy (non-hydrogen) atoms. The van der Waals surface area contributed by atoms with Crippen molar-refractivity contribution in [3.05, 3.63) is 21.4 Å². The first-order valence-electron chi connectivity index (χ1n) is 7.16. The van der Waals surface area contributed by atoms with Gasteiger partial charge in [0.2, 0.25) is 0 Å². The maximum atomic E-state index is 11.9. The largest absolute Gasteiger partial charge is 0.381 e. The summed E-state index contributed by atoms with van der Waals surface area (Å²) >= 11 is 1.58. The molecule has 0 aromatic carbocycles. The lowest BCUT2D eigenvalue weighted by Gasteiger charge is -2.04. The Hall–Kier alpha value is -0.870. The predicted octanol–water partition coefficient (Wildman–Crippen LogP) is 3.17. The molecule has 1 aromatic rings. The molecule has 1 aliphatic carbocycles. The predicted molar refractivity (Wildman–Crippen MR) is 78.9 cm³/mol. The van der Waals surface area contributed by atoms with E-state index in [1.807, 2.05) is 6.07 Å². The van der Waals surface area contributed by atoms with Gasteiger partial charge in [0.05, 0.1) is 4.88 Å². The average Bonchev–Trinajstić information content (AvgIpc) is 3.15. The first-order chi connectivity index (χ1) is 9.20. The fraction of sp³-hybridized carbons (Fsp3) is 0.667. The summed E-state index contributed by atoms with van der Waals surface area (Å²) in [5, 5.41) is 2.96. The Morgan fingerprint density at radius 2 is 2.32 bits per heavy atom. The number of rotatable bonds is 8. The van der Waals surface area contributed by atoms with Crippen molar-refractivity contribution in [2.24, 2.45) is 5.92 Å². The standard InChI is InChI=1S/C15H23NO2S/c1-3-13-9-14(19-11(13)2)15(17)16-7-4-8-18-10-12-5-6-12/h9,12H,3-8,10H2,1-2H3,(H,16,17). The number of hydrogen-bond donors (Lipinski definition) is 1. The third kappa shape index (κ3) is 4.62. The van der Waals surface area contributed by atoms with E-state index in [0.717, 1.165) is 36.9 Å². The van der Waals surface area contributed by atoms with Crippen LogP contribution >= 0.6 is 11.3 Å². The number of thiophene rings is 1. The van der Waals surface area contributed by atoms with E-state index in [0.29, 0.717) is 6.54 Å². The highest BCUT2D eigenvalue weighted by molar-refractivity contribution is 7.14. The monoisotopic (exact) mass is 281 g/mol. The van der Waals surface area contributed by atoms with Gasteiger partial charge in [-0.15, -0.1) is 11.3 Å². The molecule has 1 heterocycles.